The van der Waals surface area contributed by atoms with Crippen LogP contribution in [0.5, 0.6) is 0 Å². The summed E-state index contributed by atoms with van der Waals surface area (Å²) in [6.07, 6.45) is 1.41. The highest BCUT2D eigenvalue weighted by Gasteiger charge is 2.40. The minimum Gasteiger partial charge on any atom is -0.477 e. The van der Waals surface area contributed by atoms with Gasteiger partial charge in [0.05, 0.1) is 17.6 Å². The molecule has 4 rings (SSSR count). The van der Waals surface area contributed by atoms with Crippen LogP contribution in [0.25, 0.3) is 4.96 Å². The molecule has 0 bridgehead atoms. The average molecular weight is 422 g/mol. The molecule has 0 fully saturated rings. The van der Waals surface area contributed by atoms with Crippen molar-refractivity contribution in [3.8, 4) is 0 Å². The number of aromatic nitrogens is 4. The van der Waals surface area contributed by atoms with Crippen molar-refractivity contribution < 1.29 is 19.4 Å². The van der Waals surface area contributed by atoms with Gasteiger partial charge in [-0.15, -0.1) is 11.3 Å². The molecule has 4 heterocycles. The molecule has 148 valence electrons. The van der Waals surface area contributed by atoms with Crippen LogP contribution in [0.2, 0.25) is 0 Å². The first kappa shape index (κ1) is 18.8. The first-order chi connectivity index (χ1) is 13.1. The van der Waals surface area contributed by atoms with Crippen molar-refractivity contribution in [2.24, 2.45) is 0 Å². The zero-order chi connectivity index (χ0) is 20.2. The maximum absolute atomic E-state index is 12.9. The summed E-state index contributed by atoms with van der Waals surface area (Å²) in [7, 11) is 0. The summed E-state index contributed by atoms with van der Waals surface area (Å²) in [6, 6.07) is -0.604. The maximum atomic E-state index is 12.9. The molecule has 0 saturated carbocycles. The quantitative estimate of drug-likeness (QED) is 0.677. The number of rotatable bonds is 2. The lowest BCUT2D eigenvalue weighted by Crippen LogP contribution is -2.43. The Labute approximate surface area is 168 Å². The van der Waals surface area contributed by atoms with E-state index in [1.54, 1.807) is 9.42 Å². The maximum Gasteiger partial charge on any atom is 0.411 e. The zero-order valence-corrected chi connectivity index (χ0v) is 17.4. The molecule has 1 N–H and O–H groups in total. The fourth-order valence-electron chi connectivity index (χ4n) is 3.14. The number of amides is 1. The van der Waals surface area contributed by atoms with Crippen LogP contribution in [0.3, 0.4) is 0 Å². The molecule has 9 nitrogen and oxygen atoms in total. The van der Waals surface area contributed by atoms with Crippen molar-refractivity contribution in [2.75, 3.05) is 6.54 Å². The van der Waals surface area contributed by atoms with Crippen molar-refractivity contribution in [1.29, 1.82) is 0 Å². The summed E-state index contributed by atoms with van der Waals surface area (Å²) in [5.74, 6) is -1.05. The fourth-order valence-corrected chi connectivity index (χ4v) is 4.78. The Morgan fingerprint density at radius 3 is 2.71 bits per heavy atom. The molecule has 11 heteroatoms. The number of fused-ring (bicyclic) bond motifs is 3. The third-order valence-corrected chi connectivity index (χ3v) is 6.03. The van der Waals surface area contributed by atoms with Gasteiger partial charge in [0.15, 0.2) is 0 Å². The van der Waals surface area contributed by atoms with Crippen molar-refractivity contribution in [2.45, 2.75) is 45.8 Å². The Morgan fingerprint density at radius 1 is 1.32 bits per heavy atom. The van der Waals surface area contributed by atoms with Crippen LogP contribution in [-0.4, -0.2) is 53.8 Å². The average Bonchev–Trinajstić information content (AvgIpc) is 3.25. The van der Waals surface area contributed by atoms with Crippen molar-refractivity contribution in [3.63, 3.8) is 0 Å². The van der Waals surface area contributed by atoms with Crippen LogP contribution >= 0.6 is 22.7 Å². The molecular formula is C17H19N5O4S2. The van der Waals surface area contributed by atoms with Crippen LogP contribution in [0.1, 0.15) is 57.9 Å². The zero-order valence-electron chi connectivity index (χ0n) is 15.8. The molecule has 28 heavy (non-hydrogen) atoms. The van der Waals surface area contributed by atoms with Gasteiger partial charge in [-0.3, -0.25) is 4.90 Å². The summed E-state index contributed by atoms with van der Waals surface area (Å²) in [5, 5.41) is 15.2. The number of hydrogen-bond donors (Lipinski definition) is 1. The molecule has 1 aliphatic heterocycles. The van der Waals surface area contributed by atoms with Gasteiger partial charge in [-0.25, -0.2) is 24.1 Å². The number of carbonyl (C=O) groups excluding carboxylic acids is 1. The summed E-state index contributed by atoms with van der Waals surface area (Å²) in [4.78, 5) is 35.7. The molecule has 0 saturated heterocycles. The molecule has 1 unspecified atom stereocenters. The molecule has 0 aromatic carbocycles. The van der Waals surface area contributed by atoms with Gasteiger partial charge in [0.1, 0.15) is 26.5 Å². The van der Waals surface area contributed by atoms with Crippen LogP contribution < -0.4 is 0 Å². The minimum absolute atomic E-state index is 0.112. The van der Waals surface area contributed by atoms with E-state index in [1.165, 1.54) is 17.5 Å². The second kappa shape index (κ2) is 6.52. The van der Waals surface area contributed by atoms with Crippen molar-refractivity contribution in [3.05, 3.63) is 32.5 Å². The van der Waals surface area contributed by atoms with Crippen LogP contribution in [0.15, 0.2) is 6.20 Å². The topological polar surface area (TPSA) is 110 Å². The van der Waals surface area contributed by atoms with Gasteiger partial charge in [-0.1, -0.05) is 11.3 Å². The lowest BCUT2D eigenvalue weighted by Gasteiger charge is -2.35. The highest BCUT2D eigenvalue weighted by Crippen LogP contribution is 2.38. The third kappa shape index (κ3) is 3.24. The lowest BCUT2D eigenvalue weighted by atomic mass is 10.0. The second-order valence-corrected chi connectivity index (χ2v) is 9.68. The van der Waals surface area contributed by atoms with Gasteiger partial charge in [0, 0.05) is 13.0 Å². The molecule has 3 aromatic rings. The van der Waals surface area contributed by atoms with E-state index in [0.29, 0.717) is 18.0 Å². The van der Waals surface area contributed by atoms with Gasteiger partial charge in [0.25, 0.3) is 0 Å². The minimum atomic E-state index is -1.05. The summed E-state index contributed by atoms with van der Waals surface area (Å²) < 4.78 is 7.33. The highest BCUT2D eigenvalue weighted by atomic mass is 32.1. The predicted octanol–water partition coefficient (Wildman–Crippen LogP) is 3.14. The molecule has 1 amide bonds. The number of carboxylic acid groups (broad SMARTS) is 1. The Morgan fingerprint density at radius 2 is 2.07 bits per heavy atom. The van der Waals surface area contributed by atoms with E-state index in [2.05, 4.69) is 15.1 Å². The second-order valence-electron chi connectivity index (χ2n) is 7.45. The van der Waals surface area contributed by atoms with E-state index in [0.717, 1.165) is 32.7 Å². The number of ether oxygens (including phenoxy) is 1. The van der Waals surface area contributed by atoms with Gasteiger partial charge >= 0.3 is 12.1 Å². The van der Waals surface area contributed by atoms with E-state index in [1.807, 2.05) is 27.7 Å². The smallest absolute Gasteiger partial charge is 0.411 e. The van der Waals surface area contributed by atoms with Gasteiger partial charge in [0.2, 0.25) is 4.96 Å². The molecule has 0 spiro atoms. The highest BCUT2D eigenvalue weighted by molar-refractivity contribution is 7.16. The van der Waals surface area contributed by atoms with E-state index in [-0.39, 0.29) is 4.88 Å². The first-order valence-electron chi connectivity index (χ1n) is 8.67. The van der Waals surface area contributed by atoms with Crippen molar-refractivity contribution in [1.82, 2.24) is 24.5 Å². The Hall–Kier alpha value is -2.53. The summed E-state index contributed by atoms with van der Waals surface area (Å²) >= 11 is 2.51. The molecule has 0 aliphatic carbocycles. The number of carbonyl (C=O) groups is 2. The van der Waals surface area contributed by atoms with E-state index >= 15 is 0 Å². The molecular weight excluding hydrogens is 402 g/mol. The Balaban J connectivity index is 1.85. The standard InChI is InChI=1S/C17H19N5O4S2/c1-8-20-22-11-9(19-15(22)27-8)5-6-21(16(25)26-17(2,3)4)12(11)13-18-7-10(28-13)14(23)24/h7,12H,5-6H2,1-4H3,(H,23,24). The molecule has 0 radical (unpaired) electrons. The van der Waals surface area contributed by atoms with E-state index in [9.17, 15) is 14.7 Å². The van der Waals surface area contributed by atoms with Crippen LogP contribution in [0, 0.1) is 6.92 Å². The van der Waals surface area contributed by atoms with Gasteiger partial charge < -0.3 is 9.84 Å². The van der Waals surface area contributed by atoms with Gasteiger partial charge in [-0.2, -0.15) is 5.10 Å². The first-order valence-corrected chi connectivity index (χ1v) is 10.3. The molecule has 3 aromatic heterocycles. The predicted molar refractivity (Wildman–Crippen MR) is 103 cm³/mol. The lowest BCUT2D eigenvalue weighted by molar-refractivity contribution is 0.0172. The van der Waals surface area contributed by atoms with E-state index < -0.39 is 23.7 Å². The number of aromatic carboxylic acids is 1. The number of nitrogens with zero attached hydrogens (tertiary/aromatic N) is 5. The summed E-state index contributed by atoms with van der Waals surface area (Å²) in [5.41, 5.74) is 0.930. The van der Waals surface area contributed by atoms with E-state index in [4.69, 9.17) is 4.74 Å². The van der Waals surface area contributed by atoms with Crippen LogP contribution in [-0.2, 0) is 11.2 Å². The molecule has 1 atom stereocenters. The van der Waals surface area contributed by atoms with Crippen molar-refractivity contribution >= 4 is 39.7 Å². The third-order valence-electron chi connectivity index (χ3n) is 4.17. The molecule has 1 aliphatic rings. The largest absolute Gasteiger partial charge is 0.477 e. The Bertz CT molecular complexity index is 1080. The van der Waals surface area contributed by atoms with Crippen LogP contribution in [0.4, 0.5) is 4.79 Å². The number of aryl methyl sites for hydroxylation is 1. The number of imidazole rings is 1. The monoisotopic (exact) mass is 421 g/mol. The normalized spacial score (nSPS) is 17.0. The number of carboxylic acids is 1. The number of hydrogen-bond acceptors (Lipinski definition) is 8. The summed E-state index contributed by atoms with van der Waals surface area (Å²) in [6.45, 7) is 7.71. The SMILES string of the molecule is Cc1nn2c3c(nc2s1)CCN(C(=O)OC(C)(C)C)C3c1ncc(C(=O)O)s1. The number of thiazole rings is 1. The van der Waals surface area contributed by atoms with Gasteiger partial charge in [-0.05, 0) is 27.7 Å². The fraction of sp³-hybridized carbons (Fsp3) is 0.471. The Kier molecular flexibility index (Phi) is 4.38.